The van der Waals surface area contributed by atoms with E-state index in [1.54, 1.807) is 6.20 Å². The first kappa shape index (κ1) is 14.1. The second-order valence-electron chi connectivity index (χ2n) is 5.20. The summed E-state index contributed by atoms with van der Waals surface area (Å²) in [5, 5.41) is 4.95. The van der Waals surface area contributed by atoms with Crippen LogP contribution in [0.15, 0.2) is 24.4 Å². The maximum atomic E-state index is 6.46. The largest absolute Gasteiger partial charge is 0.319 e. The SMILES string of the molecule is Cc1cccc(C)c1C(N)c1c(Cl)cnn1C(C)C. The van der Waals surface area contributed by atoms with Crippen LogP contribution in [0.4, 0.5) is 0 Å². The van der Waals surface area contributed by atoms with E-state index >= 15 is 0 Å². The van der Waals surface area contributed by atoms with Gasteiger partial charge in [-0.05, 0) is 44.4 Å². The number of benzene rings is 1. The first-order valence-electron chi connectivity index (χ1n) is 6.48. The first-order chi connectivity index (χ1) is 8.93. The van der Waals surface area contributed by atoms with E-state index in [0.717, 1.165) is 11.3 Å². The van der Waals surface area contributed by atoms with E-state index in [1.807, 2.05) is 10.7 Å². The molecule has 2 aromatic rings. The molecule has 1 aromatic heterocycles. The van der Waals surface area contributed by atoms with Gasteiger partial charge in [-0.3, -0.25) is 4.68 Å². The van der Waals surface area contributed by atoms with Crippen molar-refractivity contribution in [3.63, 3.8) is 0 Å². The van der Waals surface area contributed by atoms with Crippen LogP contribution in [0.3, 0.4) is 0 Å². The molecule has 102 valence electrons. The number of aromatic nitrogens is 2. The van der Waals surface area contributed by atoms with Crippen molar-refractivity contribution in [2.75, 3.05) is 0 Å². The number of nitrogens with zero attached hydrogens (tertiary/aromatic N) is 2. The Morgan fingerprint density at radius 2 is 1.79 bits per heavy atom. The minimum absolute atomic E-state index is 0.234. The second-order valence-corrected chi connectivity index (χ2v) is 5.61. The highest BCUT2D eigenvalue weighted by molar-refractivity contribution is 6.31. The van der Waals surface area contributed by atoms with Crippen LogP contribution >= 0.6 is 11.6 Å². The lowest BCUT2D eigenvalue weighted by atomic mass is 9.94. The molecule has 0 spiro atoms. The molecule has 0 fully saturated rings. The van der Waals surface area contributed by atoms with Gasteiger partial charge in [0.15, 0.2) is 0 Å². The molecule has 4 heteroatoms. The molecule has 2 rings (SSSR count). The molecular formula is C15H20ClN3. The van der Waals surface area contributed by atoms with Crippen molar-refractivity contribution < 1.29 is 0 Å². The molecule has 1 heterocycles. The zero-order chi connectivity index (χ0) is 14.2. The molecule has 1 unspecified atom stereocenters. The van der Waals surface area contributed by atoms with Crippen molar-refractivity contribution in [1.29, 1.82) is 0 Å². The number of nitrogens with two attached hydrogens (primary N) is 1. The molecular weight excluding hydrogens is 258 g/mol. The lowest BCUT2D eigenvalue weighted by Gasteiger charge is -2.21. The molecule has 0 saturated carbocycles. The summed E-state index contributed by atoms with van der Waals surface area (Å²) in [5.41, 5.74) is 10.8. The predicted molar refractivity (Wildman–Crippen MR) is 79.6 cm³/mol. The molecule has 0 amide bonds. The molecule has 0 aliphatic heterocycles. The minimum Gasteiger partial charge on any atom is -0.319 e. The summed E-state index contributed by atoms with van der Waals surface area (Å²) in [6, 6.07) is 6.18. The molecule has 0 saturated heterocycles. The van der Waals surface area contributed by atoms with Crippen LogP contribution in [0, 0.1) is 13.8 Å². The summed E-state index contributed by atoms with van der Waals surface area (Å²) >= 11 is 6.28. The molecule has 0 aliphatic carbocycles. The van der Waals surface area contributed by atoms with E-state index < -0.39 is 0 Å². The highest BCUT2D eigenvalue weighted by Crippen LogP contribution is 2.31. The monoisotopic (exact) mass is 277 g/mol. The standard InChI is InChI=1S/C15H20ClN3/c1-9(2)19-15(12(16)8-18-19)14(17)13-10(3)6-5-7-11(13)4/h5-9,14H,17H2,1-4H3. The Hall–Kier alpha value is -1.32. The Bertz CT molecular complexity index is 567. The third kappa shape index (κ3) is 2.53. The smallest absolute Gasteiger partial charge is 0.0837 e. The average molecular weight is 278 g/mol. The van der Waals surface area contributed by atoms with Crippen LogP contribution in [0.25, 0.3) is 0 Å². The fourth-order valence-electron chi connectivity index (χ4n) is 2.51. The topological polar surface area (TPSA) is 43.8 Å². The molecule has 19 heavy (non-hydrogen) atoms. The van der Waals surface area contributed by atoms with E-state index in [-0.39, 0.29) is 12.1 Å². The summed E-state index contributed by atoms with van der Waals surface area (Å²) < 4.78 is 1.90. The minimum atomic E-state index is -0.251. The highest BCUT2D eigenvalue weighted by Gasteiger charge is 2.22. The Balaban J connectivity index is 2.56. The molecule has 0 radical (unpaired) electrons. The third-order valence-electron chi connectivity index (χ3n) is 3.42. The van der Waals surface area contributed by atoms with Crippen LogP contribution < -0.4 is 5.73 Å². The molecule has 2 N–H and O–H groups in total. The molecule has 0 aliphatic rings. The van der Waals surface area contributed by atoms with E-state index in [1.165, 1.54) is 11.1 Å². The molecule has 1 aromatic carbocycles. The number of hydrogen-bond acceptors (Lipinski definition) is 2. The van der Waals surface area contributed by atoms with Gasteiger partial charge in [0.05, 0.1) is 23.0 Å². The van der Waals surface area contributed by atoms with Gasteiger partial charge in [-0.25, -0.2) is 0 Å². The lowest BCUT2D eigenvalue weighted by molar-refractivity contribution is 0.498. The van der Waals surface area contributed by atoms with E-state index in [2.05, 4.69) is 44.9 Å². The van der Waals surface area contributed by atoms with Crippen molar-refractivity contribution in [3.8, 4) is 0 Å². The summed E-state index contributed by atoms with van der Waals surface area (Å²) in [7, 11) is 0. The maximum Gasteiger partial charge on any atom is 0.0837 e. The Labute approximate surface area is 119 Å². The summed E-state index contributed by atoms with van der Waals surface area (Å²) in [5.74, 6) is 0. The number of aryl methyl sites for hydroxylation is 2. The van der Waals surface area contributed by atoms with Crippen molar-refractivity contribution in [2.24, 2.45) is 5.73 Å². The second kappa shape index (κ2) is 5.35. The van der Waals surface area contributed by atoms with Crippen LogP contribution in [0.2, 0.25) is 5.02 Å². The first-order valence-corrected chi connectivity index (χ1v) is 6.86. The fourth-order valence-corrected chi connectivity index (χ4v) is 2.76. The maximum absolute atomic E-state index is 6.46. The normalized spacial score (nSPS) is 13.0. The summed E-state index contributed by atoms with van der Waals surface area (Å²) in [6.45, 7) is 8.30. The molecule has 1 atom stereocenters. The van der Waals surface area contributed by atoms with Gasteiger partial charge in [-0.15, -0.1) is 0 Å². The van der Waals surface area contributed by atoms with Gasteiger partial charge >= 0.3 is 0 Å². The van der Waals surface area contributed by atoms with Crippen LogP contribution in [0.1, 0.15) is 48.3 Å². The lowest BCUT2D eigenvalue weighted by Crippen LogP contribution is -2.21. The van der Waals surface area contributed by atoms with Crippen molar-refractivity contribution in [2.45, 2.75) is 39.8 Å². The zero-order valence-electron chi connectivity index (χ0n) is 11.8. The van der Waals surface area contributed by atoms with E-state index in [9.17, 15) is 0 Å². The van der Waals surface area contributed by atoms with E-state index in [4.69, 9.17) is 17.3 Å². The van der Waals surface area contributed by atoms with Crippen molar-refractivity contribution >= 4 is 11.6 Å². The third-order valence-corrected chi connectivity index (χ3v) is 3.72. The Morgan fingerprint density at radius 1 is 1.21 bits per heavy atom. The van der Waals surface area contributed by atoms with Gasteiger partial charge in [-0.2, -0.15) is 5.10 Å². The van der Waals surface area contributed by atoms with Crippen LogP contribution in [-0.4, -0.2) is 9.78 Å². The number of rotatable bonds is 3. The quantitative estimate of drug-likeness (QED) is 0.928. The van der Waals surface area contributed by atoms with Gasteiger partial charge in [-0.1, -0.05) is 29.8 Å². The predicted octanol–water partition coefficient (Wildman–Crippen LogP) is 3.78. The number of halogens is 1. The summed E-state index contributed by atoms with van der Waals surface area (Å²) in [4.78, 5) is 0. The van der Waals surface area contributed by atoms with Crippen LogP contribution in [0.5, 0.6) is 0 Å². The molecule has 3 nitrogen and oxygen atoms in total. The zero-order valence-corrected chi connectivity index (χ0v) is 12.6. The van der Waals surface area contributed by atoms with Crippen molar-refractivity contribution in [1.82, 2.24) is 9.78 Å². The highest BCUT2D eigenvalue weighted by atomic mass is 35.5. The van der Waals surface area contributed by atoms with Gasteiger partial charge in [0, 0.05) is 6.04 Å². The van der Waals surface area contributed by atoms with Crippen molar-refractivity contribution in [3.05, 3.63) is 51.8 Å². The average Bonchev–Trinajstić information content (AvgIpc) is 2.70. The van der Waals surface area contributed by atoms with E-state index in [0.29, 0.717) is 5.02 Å². The Kier molecular flexibility index (Phi) is 3.97. The van der Waals surface area contributed by atoms with Gasteiger partial charge < -0.3 is 5.73 Å². The fraction of sp³-hybridized carbons (Fsp3) is 0.400. The summed E-state index contributed by atoms with van der Waals surface area (Å²) in [6.07, 6.45) is 1.67. The Morgan fingerprint density at radius 3 is 2.32 bits per heavy atom. The molecule has 0 bridgehead atoms. The van der Waals surface area contributed by atoms with Gasteiger partial charge in [0.2, 0.25) is 0 Å². The van der Waals surface area contributed by atoms with Crippen LogP contribution in [-0.2, 0) is 0 Å². The number of hydrogen-bond donors (Lipinski definition) is 1. The van der Waals surface area contributed by atoms with Gasteiger partial charge in [0.25, 0.3) is 0 Å². The van der Waals surface area contributed by atoms with Gasteiger partial charge in [0.1, 0.15) is 0 Å².